The van der Waals surface area contributed by atoms with Gasteiger partial charge in [-0.25, -0.2) is 14.0 Å². The van der Waals surface area contributed by atoms with Crippen molar-refractivity contribution in [2.24, 2.45) is 11.8 Å². The van der Waals surface area contributed by atoms with Gasteiger partial charge in [0, 0.05) is 25.6 Å². The Bertz CT molecular complexity index is 1190. The fourth-order valence-corrected chi connectivity index (χ4v) is 5.64. The number of benzene rings is 1. The number of urea groups is 1. The number of hydrogen-bond donors (Lipinski definition) is 2. The average molecular weight is 511 g/mol. The lowest BCUT2D eigenvalue weighted by molar-refractivity contribution is -0.135. The van der Waals surface area contributed by atoms with Crippen LogP contribution in [-0.4, -0.2) is 65.4 Å². The van der Waals surface area contributed by atoms with Crippen LogP contribution in [0.25, 0.3) is 0 Å². The zero-order valence-corrected chi connectivity index (χ0v) is 21.0. The molecule has 5 rings (SSSR count). The van der Waals surface area contributed by atoms with E-state index in [-0.39, 0.29) is 42.3 Å². The number of halogens is 1. The molecule has 10 heteroatoms. The van der Waals surface area contributed by atoms with Crippen LogP contribution in [0.15, 0.2) is 47.7 Å². The molecule has 1 spiro atoms. The van der Waals surface area contributed by atoms with Gasteiger partial charge in [0.25, 0.3) is 0 Å². The maximum Gasteiger partial charge on any atom is 0.411 e. The van der Waals surface area contributed by atoms with Gasteiger partial charge in [0.2, 0.25) is 5.91 Å². The van der Waals surface area contributed by atoms with Gasteiger partial charge in [-0.3, -0.25) is 14.5 Å². The van der Waals surface area contributed by atoms with Crippen molar-refractivity contribution in [2.45, 2.75) is 50.8 Å². The van der Waals surface area contributed by atoms with Gasteiger partial charge in [-0.1, -0.05) is 18.2 Å². The molecule has 3 aliphatic carbocycles. The number of carbonyl (C=O) groups is 4. The number of fused-ring (bicyclic) bond motifs is 2. The lowest BCUT2D eigenvalue weighted by Crippen LogP contribution is -2.46. The summed E-state index contributed by atoms with van der Waals surface area (Å²) in [5.74, 6) is -0.811. The molecule has 4 aliphatic rings. The largest absolute Gasteiger partial charge is 0.436 e. The summed E-state index contributed by atoms with van der Waals surface area (Å²) < 4.78 is 19.2. The molecule has 0 radical (unpaired) electrons. The highest BCUT2D eigenvalue weighted by atomic mass is 19.1. The number of hydrogen-bond acceptors (Lipinski definition) is 5. The number of ketones is 1. The minimum atomic E-state index is -0.962. The highest BCUT2D eigenvalue weighted by Gasteiger charge is 2.56. The van der Waals surface area contributed by atoms with E-state index in [0.717, 1.165) is 18.4 Å². The fraction of sp³-hybridized carbons (Fsp3) is 0.481. The minimum Gasteiger partial charge on any atom is -0.436 e. The number of rotatable bonds is 7. The summed E-state index contributed by atoms with van der Waals surface area (Å²) in [6.07, 6.45) is 5.76. The van der Waals surface area contributed by atoms with Crippen molar-refractivity contribution in [3.8, 4) is 0 Å². The Morgan fingerprint density at radius 1 is 1.19 bits per heavy atom. The fourth-order valence-electron chi connectivity index (χ4n) is 5.64. The molecule has 2 unspecified atom stereocenters. The summed E-state index contributed by atoms with van der Waals surface area (Å²) in [6, 6.07) is 5.60. The van der Waals surface area contributed by atoms with Crippen LogP contribution in [0.1, 0.15) is 38.2 Å². The van der Waals surface area contributed by atoms with Crippen molar-refractivity contribution in [2.75, 3.05) is 20.1 Å². The van der Waals surface area contributed by atoms with Gasteiger partial charge in [0.15, 0.2) is 11.4 Å². The molecule has 1 aliphatic heterocycles. The third-order valence-corrected chi connectivity index (χ3v) is 7.92. The van der Waals surface area contributed by atoms with Crippen LogP contribution in [-0.2, 0) is 20.9 Å². The van der Waals surface area contributed by atoms with E-state index in [1.54, 1.807) is 29.2 Å². The predicted octanol–water partition coefficient (Wildman–Crippen LogP) is 2.88. The molecule has 1 saturated heterocycles. The van der Waals surface area contributed by atoms with Crippen molar-refractivity contribution in [1.29, 1.82) is 0 Å². The second-order valence-corrected chi connectivity index (χ2v) is 10.3. The monoisotopic (exact) mass is 510 g/mol. The minimum absolute atomic E-state index is 0.00366. The van der Waals surface area contributed by atoms with E-state index in [2.05, 4.69) is 10.6 Å². The molecule has 1 aromatic rings. The second kappa shape index (κ2) is 9.64. The molecule has 2 saturated carbocycles. The molecule has 3 fully saturated rings. The Labute approximate surface area is 214 Å². The second-order valence-electron chi connectivity index (χ2n) is 10.3. The van der Waals surface area contributed by atoms with Crippen LogP contribution in [0.5, 0.6) is 0 Å². The van der Waals surface area contributed by atoms with Crippen LogP contribution in [0.4, 0.5) is 14.0 Å². The van der Waals surface area contributed by atoms with Crippen LogP contribution >= 0.6 is 0 Å². The zero-order chi connectivity index (χ0) is 26.3. The standard InChI is InChI=1S/C27H31FN4O5/c1-16(18-5-6-18)32(13-17-3-7-19(28)8-4-17)23(33)14-31-15-27(37-26(31)36)12-11-20-21(27)9-10-22(24(20)34)30-25(35)29-2/h3-4,7-10,16,18,20H,5-6,11-15H2,1-2H3,(H2,29,30,35)/t16?,20?,27-/m0/s1. The summed E-state index contributed by atoms with van der Waals surface area (Å²) in [5.41, 5.74) is 0.765. The van der Waals surface area contributed by atoms with E-state index in [9.17, 15) is 23.6 Å². The molecule has 9 nitrogen and oxygen atoms in total. The Hall–Kier alpha value is -3.69. The van der Waals surface area contributed by atoms with Gasteiger partial charge < -0.3 is 20.3 Å². The van der Waals surface area contributed by atoms with Gasteiger partial charge in [0.05, 0.1) is 12.2 Å². The van der Waals surface area contributed by atoms with Crippen molar-refractivity contribution >= 4 is 23.8 Å². The molecule has 196 valence electrons. The average Bonchev–Trinajstić information content (AvgIpc) is 3.61. The number of nitrogens with one attached hydrogen (secondary N) is 2. The van der Waals surface area contributed by atoms with Crippen molar-refractivity contribution in [1.82, 2.24) is 20.4 Å². The normalized spacial score (nSPS) is 25.3. The number of ether oxygens (including phenoxy) is 1. The van der Waals surface area contributed by atoms with E-state index in [0.29, 0.717) is 30.9 Å². The highest BCUT2D eigenvalue weighted by Crippen LogP contribution is 2.48. The predicted molar refractivity (Wildman–Crippen MR) is 131 cm³/mol. The number of nitrogens with zero attached hydrogens (tertiary/aromatic N) is 2. The molecular formula is C27H31FN4O5. The summed E-state index contributed by atoms with van der Waals surface area (Å²) in [6.45, 7) is 2.39. The molecule has 37 heavy (non-hydrogen) atoms. The molecule has 1 heterocycles. The van der Waals surface area contributed by atoms with Crippen molar-refractivity contribution in [3.05, 3.63) is 59.1 Å². The quantitative estimate of drug-likeness (QED) is 0.587. The smallest absolute Gasteiger partial charge is 0.411 e. The molecule has 0 aromatic heterocycles. The Morgan fingerprint density at radius 3 is 2.59 bits per heavy atom. The first-order valence-corrected chi connectivity index (χ1v) is 12.7. The zero-order valence-electron chi connectivity index (χ0n) is 21.0. The summed E-state index contributed by atoms with van der Waals surface area (Å²) in [7, 11) is 1.47. The third-order valence-electron chi connectivity index (χ3n) is 7.92. The lowest BCUT2D eigenvalue weighted by atomic mass is 9.85. The van der Waals surface area contributed by atoms with E-state index >= 15 is 0 Å². The molecule has 1 aromatic carbocycles. The van der Waals surface area contributed by atoms with E-state index in [1.807, 2.05) is 6.92 Å². The lowest BCUT2D eigenvalue weighted by Gasteiger charge is -2.31. The van der Waals surface area contributed by atoms with E-state index in [4.69, 9.17) is 4.74 Å². The number of allylic oxidation sites excluding steroid dienone is 3. The first kappa shape index (κ1) is 25.0. The van der Waals surface area contributed by atoms with Crippen LogP contribution in [0.2, 0.25) is 0 Å². The molecule has 2 N–H and O–H groups in total. The first-order chi connectivity index (χ1) is 17.7. The van der Waals surface area contributed by atoms with Crippen LogP contribution in [0, 0.1) is 17.7 Å². The topological polar surface area (TPSA) is 108 Å². The Morgan fingerprint density at radius 2 is 1.92 bits per heavy atom. The first-order valence-electron chi connectivity index (χ1n) is 12.7. The summed E-state index contributed by atoms with van der Waals surface area (Å²) >= 11 is 0. The van der Waals surface area contributed by atoms with Crippen LogP contribution < -0.4 is 10.6 Å². The van der Waals surface area contributed by atoms with Crippen LogP contribution in [0.3, 0.4) is 0 Å². The number of Topliss-reactive ketones (excluding diaryl/α,β-unsaturated/α-hetero) is 1. The Balaban J connectivity index is 1.31. The molecule has 4 amide bonds. The van der Waals surface area contributed by atoms with Gasteiger partial charge in [-0.05, 0) is 67.9 Å². The van der Waals surface area contributed by atoms with Gasteiger partial charge in [0.1, 0.15) is 12.4 Å². The van der Waals surface area contributed by atoms with Crippen molar-refractivity contribution < 1.29 is 28.3 Å². The van der Waals surface area contributed by atoms with Gasteiger partial charge in [-0.2, -0.15) is 0 Å². The third kappa shape index (κ3) is 4.84. The maximum atomic E-state index is 13.5. The molecule has 3 atom stereocenters. The van der Waals surface area contributed by atoms with E-state index < -0.39 is 23.6 Å². The van der Waals surface area contributed by atoms with Crippen molar-refractivity contribution in [3.63, 3.8) is 0 Å². The number of carbonyl (C=O) groups excluding carboxylic acids is 4. The highest BCUT2D eigenvalue weighted by molar-refractivity contribution is 6.03. The molecular weight excluding hydrogens is 479 g/mol. The van der Waals surface area contributed by atoms with Gasteiger partial charge in [-0.15, -0.1) is 0 Å². The SMILES string of the molecule is CNC(=O)NC1=CC=C2C(CC[C@]23CN(CC(=O)N(Cc2ccc(F)cc2)C(C)C2CC2)C(=O)O3)C1=O. The molecule has 0 bridgehead atoms. The van der Waals surface area contributed by atoms with E-state index in [1.165, 1.54) is 24.1 Å². The maximum absolute atomic E-state index is 13.5. The van der Waals surface area contributed by atoms with Gasteiger partial charge >= 0.3 is 12.1 Å². The summed E-state index contributed by atoms with van der Waals surface area (Å²) in [5, 5.41) is 4.97. The summed E-state index contributed by atoms with van der Waals surface area (Å²) in [4.78, 5) is 54.2. The Kier molecular flexibility index (Phi) is 6.51. The number of amides is 4.